The van der Waals surface area contributed by atoms with Crippen LogP contribution in [0.15, 0.2) is 156 Å². The van der Waals surface area contributed by atoms with Crippen LogP contribution in [0.25, 0.3) is 0 Å². The minimum atomic E-state index is -10.7. The number of phenolic OH excluding ortho intramolecular Hbond substituents is 2. The molecule has 0 spiro atoms. The summed E-state index contributed by atoms with van der Waals surface area (Å²) in [6.07, 6.45) is 5.31. The molecule has 317 valence electrons. The van der Waals surface area contributed by atoms with E-state index in [-0.39, 0.29) is 40.4 Å². The molecule has 0 bridgehead atoms. The van der Waals surface area contributed by atoms with Gasteiger partial charge in [0.2, 0.25) is 0 Å². The largest absolute Gasteiger partial charge is 0 e. The molecular formula is C48H48F6MnN2O2P-. The molecule has 1 radical (unpaired) electrons. The molecular weight excluding hydrogens is 836 g/mol. The van der Waals surface area contributed by atoms with Gasteiger partial charge in [0.25, 0.3) is 0 Å². The second-order valence-electron chi connectivity index (χ2n) is 14.4. The molecule has 0 aliphatic carbocycles. The summed E-state index contributed by atoms with van der Waals surface area (Å²) in [4.78, 5) is 10.4. The minimum Gasteiger partial charge on any atom is 0 e. The molecule has 0 amide bonds. The van der Waals surface area contributed by atoms with E-state index >= 15 is 0 Å². The third-order valence-electron chi connectivity index (χ3n) is 10.2. The van der Waals surface area contributed by atoms with Crippen molar-refractivity contribution in [1.29, 1.82) is 0 Å². The van der Waals surface area contributed by atoms with Gasteiger partial charge in [-0.05, 0) is 72.2 Å². The second-order valence-corrected chi connectivity index (χ2v) is 16.4. The molecule has 0 fully saturated rings. The van der Waals surface area contributed by atoms with E-state index in [2.05, 4.69) is 88.4 Å². The van der Waals surface area contributed by atoms with Gasteiger partial charge in [-0.25, -0.2) is 0 Å². The van der Waals surface area contributed by atoms with Crippen molar-refractivity contribution < 1.29 is 52.5 Å². The summed E-state index contributed by atoms with van der Waals surface area (Å²) in [6.45, 7) is 8.43. The van der Waals surface area contributed by atoms with Gasteiger partial charge in [-0.2, -0.15) is 0 Å². The number of benzene rings is 6. The Morgan fingerprint density at radius 2 is 0.733 bits per heavy atom. The SMILES string of the molecule is CCC(c1ccccc1)c1c(C)ccc(C=N[C@H](c2ccccc2)[C@H](N=Cc2ccc(C)c(C(CC)c3ccccc3)c2O)c2ccccc2)c1O.F[P-](F)(F)(F)(F)F.[Mn]. The van der Waals surface area contributed by atoms with Crippen molar-refractivity contribution in [2.75, 3.05) is 0 Å². The maximum Gasteiger partial charge on any atom is 0 e. The van der Waals surface area contributed by atoms with Crippen LogP contribution in [-0.4, -0.2) is 22.6 Å². The van der Waals surface area contributed by atoms with Gasteiger partial charge in [0.05, 0.1) is 0 Å². The van der Waals surface area contributed by atoms with Crippen LogP contribution >= 0.6 is 7.81 Å². The smallest absolute Gasteiger partial charge is 0 e. The van der Waals surface area contributed by atoms with Crippen LogP contribution in [-0.2, 0) is 17.1 Å². The number of nitrogens with zero attached hydrogens (tertiary/aromatic N) is 2. The molecule has 0 saturated heterocycles. The van der Waals surface area contributed by atoms with Gasteiger partial charge < -0.3 is 10.2 Å². The third-order valence-corrected chi connectivity index (χ3v) is 10.2. The minimum absolute atomic E-state index is 0. The first-order chi connectivity index (χ1) is 27.9. The molecule has 0 heterocycles. The van der Waals surface area contributed by atoms with Crippen molar-refractivity contribution in [1.82, 2.24) is 0 Å². The van der Waals surface area contributed by atoms with Crippen molar-refractivity contribution in [2.45, 2.75) is 64.5 Å². The molecule has 0 saturated carbocycles. The molecule has 4 nitrogen and oxygen atoms in total. The molecule has 0 aromatic heterocycles. The van der Waals surface area contributed by atoms with E-state index in [1.165, 1.54) is 11.1 Å². The fraction of sp³-hybridized carbons (Fsp3) is 0.208. The van der Waals surface area contributed by atoms with Crippen LogP contribution in [0.3, 0.4) is 0 Å². The number of hydrogen-bond donors (Lipinski definition) is 2. The number of aryl methyl sites for hydroxylation is 2. The Labute approximate surface area is 358 Å². The third kappa shape index (κ3) is 13.4. The van der Waals surface area contributed by atoms with Crippen LogP contribution in [0, 0.1) is 13.8 Å². The van der Waals surface area contributed by atoms with Crippen LogP contribution in [0.1, 0.15) is 106 Å². The van der Waals surface area contributed by atoms with Gasteiger partial charge >= 0.3 is 33.0 Å². The zero-order chi connectivity index (χ0) is 42.9. The van der Waals surface area contributed by atoms with Crippen LogP contribution in [0.2, 0.25) is 0 Å². The molecule has 4 atom stereocenters. The number of aliphatic imine (C=N–C) groups is 2. The molecule has 6 rings (SSSR count). The first-order valence-corrected chi connectivity index (χ1v) is 21.4. The average Bonchev–Trinajstić information content (AvgIpc) is 3.20. The van der Waals surface area contributed by atoms with Crippen molar-refractivity contribution in [2.24, 2.45) is 9.98 Å². The standard InChI is InChI=1S/C48H48N2O2.F6P.Mn/c1-5-41(35-19-11-7-12-20-35)43-33(3)27-29-39(47(43)51)31-49-45(37-23-15-9-16-24-37)46(38-25-17-10-18-26-38)50-32-40-30-28-34(4)44(48(40)52)42(6-2)36-21-13-8-14-22-36;1-7(2,3,4,5)6;/h7-32,41-42,45-46,51-52H,5-6H2,1-4H3;;/q;-1;/t41?,42?,45-,46-;;/m1../s1. The summed E-state index contributed by atoms with van der Waals surface area (Å²) in [7, 11) is -10.7. The van der Waals surface area contributed by atoms with E-state index in [0.717, 1.165) is 46.2 Å². The molecule has 2 N–H and O–H groups in total. The Balaban J connectivity index is 0.000000912. The topological polar surface area (TPSA) is 65.2 Å². The number of hydrogen-bond acceptors (Lipinski definition) is 4. The summed E-state index contributed by atoms with van der Waals surface area (Å²) in [5.41, 5.74) is 9.63. The summed E-state index contributed by atoms with van der Waals surface area (Å²) in [5.74, 6) is 0.629. The van der Waals surface area contributed by atoms with Crippen LogP contribution in [0.5, 0.6) is 11.5 Å². The fourth-order valence-electron chi connectivity index (χ4n) is 7.44. The maximum absolute atomic E-state index is 11.8. The first-order valence-electron chi connectivity index (χ1n) is 19.3. The molecule has 6 aromatic carbocycles. The van der Waals surface area contributed by atoms with Crippen molar-refractivity contribution in [3.05, 3.63) is 201 Å². The second kappa shape index (κ2) is 19.4. The zero-order valence-electron chi connectivity index (χ0n) is 33.6. The summed E-state index contributed by atoms with van der Waals surface area (Å²) < 4.78 is 59.2. The predicted molar refractivity (Wildman–Crippen MR) is 230 cm³/mol. The number of halogens is 6. The number of phenols is 2. The summed E-state index contributed by atoms with van der Waals surface area (Å²) in [5, 5.41) is 23.6. The quantitative estimate of drug-likeness (QED) is 0.0525. The van der Waals surface area contributed by atoms with E-state index in [1.54, 1.807) is 12.4 Å². The van der Waals surface area contributed by atoms with E-state index in [1.807, 2.05) is 84.9 Å². The molecule has 2 unspecified atom stereocenters. The predicted octanol–water partition coefficient (Wildman–Crippen LogP) is 15.2. The first kappa shape index (κ1) is 47.5. The van der Waals surface area contributed by atoms with Gasteiger partial charge in [-0.3, -0.25) is 9.98 Å². The molecule has 12 heteroatoms. The van der Waals surface area contributed by atoms with Gasteiger partial charge in [-0.15, -0.1) is 0 Å². The van der Waals surface area contributed by atoms with Crippen molar-refractivity contribution in [3.8, 4) is 11.5 Å². The van der Waals surface area contributed by atoms with E-state index < -0.39 is 19.9 Å². The van der Waals surface area contributed by atoms with E-state index in [9.17, 15) is 35.4 Å². The van der Waals surface area contributed by atoms with E-state index in [0.29, 0.717) is 11.1 Å². The fourth-order valence-corrected chi connectivity index (χ4v) is 7.44. The molecule has 6 aromatic rings. The van der Waals surface area contributed by atoms with Crippen LogP contribution < -0.4 is 0 Å². The Hall–Kier alpha value is -5.21. The van der Waals surface area contributed by atoms with Crippen molar-refractivity contribution >= 4 is 20.2 Å². The van der Waals surface area contributed by atoms with Gasteiger partial charge in [0.15, 0.2) is 0 Å². The van der Waals surface area contributed by atoms with E-state index in [4.69, 9.17) is 9.98 Å². The van der Waals surface area contributed by atoms with Gasteiger partial charge in [-0.1, -0.05) is 147 Å². The molecule has 60 heavy (non-hydrogen) atoms. The molecule has 0 aliphatic rings. The van der Waals surface area contributed by atoms with Crippen molar-refractivity contribution in [3.63, 3.8) is 0 Å². The monoisotopic (exact) mass is 884 g/mol. The Bertz CT molecular complexity index is 2200. The Morgan fingerprint density at radius 1 is 0.467 bits per heavy atom. The van der Waals surface area contributed by atoms with Gasteiger partial charge in [0, 0.05) is 63.6 Å². The average molecular weight is 885 g/mol. The Morgan fingerprint density at radius 3 is 1.00 bits per heavy atom. The molecule has 0 aliphatic heterocycles. The van der Waals surface area contributed by atoms with Crippen LogP contribution in [0.4, 0.5) is 25.2 Å². The summed E-state index contributed by atoms with van der Waals surface area (Å²) in [6, 6.07) is 48.3. The summed E-state index contributed by atoms with van der Waals surface area (Å²) >= 11 is 0. The number of aromatic hydroxyl groups is 2. The normalized spacial score (nSPS) is 14.8. The maximum atomic E-state index is 11.8. The number of rotatable bonds is 13. The zero-order valence-corrected chi connectivity index (χ0v) is 35.7. The Kier molecular flexibility index (Phi) is 15.4. The van der Waals surface area contributed by atoms with Gasteiger partial charge in [0.1, 0.15) is 23.6 Å².